The molecule has 0 N–H and O–H groups in total. The second-order valence-electron chi connectivity index (χ2n) is 7.19. The lowest BCUT2D eigenvalue weighted by Crippen LogP contribution is -2.30. The Balaban J connectivity index is 1.85. The van der Waals surface area contributed by atoms with E-state index in [1.807, 2.05) is 0 Å². The Labute approximate surface area is 148 Å². The maximum Gasteiger partial charge on any atom is 0.0629 e. The molecule has 25 heavy (non-hydrogen) atoms. The van der Waals surface area contributed by atoms with Gasteiger partial charge in [-0.05, 0) is 37.1 Å². The molecule has 0 amide bonds. The number of para-hydroxylation sites is 2. The van der Waals surface area contributed by atoms with E-state index in [1.165, 1.54) is 38.6 Å². The van der Waals surface area contributed by atoms with Crippen LogP contribution in [0.3, 0.4) is 0 Å². The van der Waals surface area contributed by atoms with Crippen molar-refractivity contribution in [2.45, 2.75) is 19.4 Å². The standard InChI is InChI=1S/C23H22N2/c1-16-11-12-20-19(15-16)23(13-14-24(20)2)25-21-9-5-3-7-17(21)18-8-4-6-10-22(18)25/h3-12,15,23H,13-14H2,1-2H3. The largest absolute Gasteiger partial charge is 0.374 e. The van der Waals surface area contributed by atoms with Crippen molar-refractivity contribution >= 4 is 27.5 Å². The highest BCUT2D eigenvalue weighted by Crippen LogP contribution is 2.41. The topological polar surface area (TPSA) is 8.17 Å². The molecule has 2 heteroatoms. The van der Waals surface area contributed by atoms with Gasteiger partial charge >= 0.3 is 0 Å². The highest BCUT2D eigenvalue weighted by molar-refractivity contribution is 6.08. The molecule has 1 aliphatic heterocycles. The number of benzene rings is 3. The molecule has 124 valence electrons. The zero-order valence-electron chi connectivity index (χ0n) is 14.7. The molecule has 1 aromatic heterocycles. The van der Waals surface area contributed by atoms with Crippen LogP contribution < -0.4 is 4.90 Å². The minimum absolute atomic E-state index is 0.385. The fraction of sp³-hybridized carbons (Fsp3) is 0.217. The Hall–Kier alpha value is -2.74. The third-order valence-electron chi connectivity index (χ3n) is 5.62. The average molecular weight is 326 g/mol. The molecule has 4 aromatic rings. The number of hydrogen-bond donors (Lipinski definition) is 0. The molecule has 0 aliphatic carbocycles. The van der Waals surface area contributed by atoms with Crippen molar-refractivity contribution in [2.24, 2.45) is 0 Å². The van der Waals surface area contributed by atoms with E-state index in [0.717, 1.165) is 13.0 Å². The summed E-state index contributed by atoms with van der Waals surface area (Å²) < 4.78 is 2.57. The van der Waals surface area contributed by atoms with Gasteiger partial charge < -0.3 is 9.47 Å². The number of hydrogen-bond acceptors (Lipinski definition) is 1. The van der Waals surface area contributed by atoms with Gasteiger partial charge in [-0.1, -0.05) is 54.1 Å². The number of aromatic nitrogens is 1. The molecule has 2 heterocycles. The maximum atomic E-state index is 2.57. The van der Waals surface area contributed by atoms with Crippen LogP contribution in [0.2, 0.25) is 0 Å². The third kappa shape index (κ3) is 2.10. The Morgan fingerprint density at radius 3 is 2.16 bits per heavy atom. The SMILES string of the molecule is Cc1ccc2c(c1)C(n1c3ccccc3c3ccccc31)CCN2C. The number of nitrogens with zero attached hydrogens (tertiary/aromatic N) is 2. The minimum Gasteiger partial charge on any atom is -0.374 e. The van der Waals surface area contributed by atoms with Crippen LogP contribution in [0.5, 0.6) is 0 Å². The summed E-state index contributed by atoms with van der Waals surface area (Å²) in [4.78, 5) is 2.39. The van der Waals surface area contributed by atoms with Crippen LogP contribution in [0.25, 0.3) is 21.8 Å². The predicted octanol–water partition coefficient (Wildman–Crippen LogP) is 5.53. The third-order valence-corrected chi connectivity index (χ3v) is 5.62. The highest BCUT2D eigenvalue weighted by Gasteiger charge is 2.27. The van der Waals surface area contributed by atoms with Crippen LogP contribution in [0.1, 0.15) is 23.6 Å². The summed E-state index contributed by atoms with van der Waals surface area (Å²) in [7, 11) is 2.20. The van der Waals surface area contributed by atoms with E-state index in [4.69, 9.17) is 0 Å². The summed E-state index contributed by atoms with van der Waals surface area (Å²) in [5.41, 5.74) is 6.82. The van der Waals surface area contributed by atoms with Crippen molar-refractivity contribution in [3.63, 3.8) is 0 Å². The van der Waals surface area contributed by atoms with Gasteiger partial charge in [-0.3, -0.25) is 0 Å². The summed E-state index contributed by atoms with van der Waals surface area (Å²) in [6, 6.07) is 24.9. The van der Waals surface area contributed by atoms with Gasteiger partial charge in [0, 0.05) is 41.1 Å². The molecule has 3 aromatic carbocycles. The monoisotopic (exact) mass is 326 g/mol. The lowest BCUT2D eigenvalue weighted by atomic mass is 9.94. The first-order valence-electron chi connectivity index (χ1n) is 9.03. The van der Waals surface area contributed by atoms with E-state index in [0.29, 0.717) is 6.04 Å². The molecule has 5 rings (SSSR count). The number of rotatable bonds is 1. The van der Waals surface area contributed by atoms with Crippen molar-refractivity contribution in [3.8, 4) is 0 Å². The van der Waals surface area contributed by atoms with Gasteiger partial charge in [-0.15, -0.1) is 0 Å². The van der Waals surface area contributed by atoms with Crippen molar-refractivity contribution in [3.05, 3.63) is 77.9 Å². The van der Waals surface area contributed by atoms with Crippen molar-refractivity contribution in [1.82, 2.24) is 4.57 Å². The van der Waals surface area contributed by atoms with E-state index in [-0.39, 0.29) is 0 Å². The quantitative estimate of drug-likeness (QED) is 0.446. The smallest absolute Gasteiger partial charge is 0.0629 e. The van der Waals surface area contributed by atoms with Crippen LogP contribution in [-0.4, -0.2) is 18.2 Å². The Morgan fingerprint density at radius 1 is 0.840 bits per heavy atom. The van der Waals surface area contributed by atoms with Crippen LogP contribution in [0.15, 0.2) is 66.7 Å². The zero-order chi connectivity index (χ0) is 17.0. The highest BCUT2D eigenvalue weighted by atomic mass is 15.1. The fourth-order valence-corrected chi connectivity index (χ4v) is 4.44. The molecule has 0 spiro atoms. The molecule has 2 nitrogen and oxygen atoms in total. The second kappa shape index (κ2) is 5.38. The predicted molar refractivity (Wildman–Crippen MR) is 107 cm³/mol. The van der Waals surface area contributed by atoms with Gasteiger partial charge in [0.15, 0.2) is 0 Å². The molecule has 1 atom stereocenters. The number of aryl methyl sites for hydroxylation is 1. The molecule has 0 fully saturated rings. The van der Waals surface area contributed by atoms with Crippen molar-refractivity contribution < 1.29 is 0 Å². The van der Waals surface area contributed by atoms with Crippen molar-refractivity contribution in [1.29, 1.82) is 0 Å². The first kappa shape index (κ1) is 14.6. The van der Waals surface area contributed by atoms with Crippen LogP contribution in [0, 0.1) is 6.92 Å². The van der Waals surface area contributed by atoms with E-state index in [1.54, 1.807) is 0 Å². The average Bonchev–Trinajstić information content (AvgIpc) is 2.97. The molecular weight excluding hydrogens is 304 g/mol. The van der Waals surface area contributed by atoms with Gasteiger partial charge in [0.05, 0.1) is 6.04 Å². The van der Waals surface area contributed by atoms with E-state index in [2.05, 4.69) is 90.2 Å². The van der Waals surface area contributed by atoms with E-state index < -0.39 is 0 Å². The van der Waals surface area contributed by atoms with Crippen LogP contribution in [-0.2, 0) is 0 Å². The Morgan fingerprint density at radius 2 is 1.48 bits per heavy atom. The maximum absolute atomic E-state index is 2.57. The van der Waals surface area contributed by atoms with Crippen LogP contribution >= 0.6 is 0 Å². The Kier molecular flexibility index (Phi) is 3.14. The molecule has 1 unspecified atom stereocenters. The van der Waals surface area contributed by atoms with Gasteiger partial charge in [0.1, 0.15) is 0 Å². The fourth-order valence-electron chi connectivity index (χ4n) is 4.44. The summed E-state index contributed by atoms with van der Waals surface area (Å²) in [5.74, 6) is 0. The molecular formula is C23H22N2. The van der Waals surface area contributed by atoms with Crippen LogP contribution in [0.4, 0.5) is 5.69 Å². The van der Waals surface area contributed by atoms with E-state index >= 15 is 0 Å². The van der Waals surface area contributed by atoms with Crippen molar-refractivity contribution in [2.75, 3.05) is 18.5 Å². The number of anilines is 1. The van der Waals surface area contributed by atoms with E-state index in [9.17, 15) is 0 Å². The normalized spacial score (nSPS) is 17.2. The van der Waals surface area contributed by atoms with Gasteiger partial charge in [0.25, 0.3) is 0 Å². The Bertz CT molecular complexity index is 1040. The summed E-state index contributed by atoms with van der Waals surface area (Å²) in [6.45, 7) is 3.28. The molecule has 0 saturated carbocycles. The molecule has 0 radical (unpaired) electrons. The summed E-state index contributed by atoms with van der Waals surface area (Å²) in [5, 5.41) is 2.71. The summed E-state index contributed by atoms with van der Waals surface area (Å²) >= 11 is 0. The second-order valence-corrected chi connectivity index (χ2v) is 7.19. The zero-order valence-corrected chi connectivity index (χ0v) is 14.7. The molecule has 1 aliphatic rings. The minimum atomic E-state index is 0.385. The first-order chi connectivity index (χ1) is 12.2. The van der Waals surface area contributed by atoms with Gasteiger partial charge in [-0.2, -0.15) is 0 Å². The number of fused-ring (bicyclic) bond motifs is 4. The lowest BCUT2D eigenvalue weighted by molar-refractivity contribution is 0.546. The molecule has 0 bridgehead atoms. The first-order valence-corrected chi connectivity index (χ1v) is 9.03. The molecule has 0 saturated heterocycles. The van der Waals surface area contributed by atoms with Gasteiger partial charge in [-0.25, -0.2) is 0 Å². The summed E-state index contributed by atoms with van der Waals surface area (Å²) in [6.07, 6.45) is 1.13. The lowest BCUT2D eigenvalue weighted by Gasteiger charge is -2.35. The van der Waals surface area contributed by atoms with Gasteiger partial charge in [0.2, 0.25) is 0 Å².